The molecule has 418 valence electrons. The minimum absolute atomic E-state index is 0.0120. The maximum atomic E-state index is 12.5. The number of ether oxygens (including phenoxy) is 1. The van der Waals surface area contributed by atoms with Crippen LogP contribution in [0.2, 0.25) is 0 Å². The van der Waals surface area contributed by atoms with E-state index in [9.17, 15) is 19.8 Å². The lowest BCUT2D eigenvalue weighted by molar-refractivity contribution is -0.143. The fraction of sp³-hybridized carbons (Fsp3) is 0.969. The average Bonchev–Trinajstić information content (AvgIpc) is 3.36. The highest BCUT2D eigenvalue weighted by Gasteiger charge is 2.20. The summed E-state index contributed by atoms with van der Waals surface area (Å²) in [5.74, 6) is -0.0209. The van der Waals surface area contributed by atoms with Crippen molar-refractivity contribution in [3.63, 3.8) is 0 Å². The van der Waals surface area contributed by atoms with Gasteiger partial charge in [0, 0.05) is 12.8 Å². The Morgan fingerprint density at radius 2 is 0.586 bits per heavy atom. The largest absolute Gasteiger partial charge is 0.466 e. The highest BCUT2D eigenvalue weighted by molar-refractivity contribution is 5.76. The van der Waals surface area contributed by atoms with Gasteiger partial charge in [-0.05, 0) is 25.7 Å². The highest BCUT2D eigenvalue weighted by atomic mass is 16.5. The summed E-state index contributed by atoms with van der Waals surface area (Å²) in [7, 11) is 0. The minimum Gasteiger partial charge on any atom is -0.466 e. The molecule has 2 atom stereocenters. The van der Waals surface area contributed by atoms with Crippen molar-refractivity contribution in [2.75, 3.05) is 13.2 Å². The number of unbranched alkanes of at least 4 members (excludes halogenated alkanes) is 50. The molecule has 0 aliphatic rings. The molecule has 0 fully saturated rings. The van der Waals surface area contributed by atoms with E-state index in [-0.39, 0.29) is 18.5 Å². The smallest absolute Gasteiger partial charge is 0.305 e. The van der Waals surface area contributed by atoms with E-state index >= 15 is 0 Å². The molecule has 6 heteroatoms. The van der Waals surface area contributed by atoms with Gasteiger partial charge >= 0.3 is 5.97 Å². The fourth-order valence-corrected chi connectivity index (χ4v) is 10.5. The Bertz CT molecular complexity index is 1010. The first kappa shape index (κ1) is 68.9. The van der Waals surface area contributed by atoms with Crippen molar-refractivity contribution in [1.82, 2.24) is 5.32 Å². The molecular formula is C64H127NO5. The molecule has 0 rings (SSSR count). The predicted octanol–water partition coefficient (Wildman–Crippen LogP) is 20.3. The number of aliphatic hydroxyl groups excluding tert-OH is 2. The molecule has 0 aromatic heterocycles. The van der Waals surface area contributed by atoms with Crippen LogP contribution in [-0.2, 0) is 14.3 Å². The summed E-state index contributed by atoms with van der Waals surface area (Å²) >= 11 is 0. The van der Waals surface area contributed by atoms with Crippen molar-refractivity contribution in [2.45, 2.75) is 386 Å². The van der Waals surface area contributed by atoms with Crippen LogP contribution in [0.1, 0.15) is 373 Å². The van der Waals surface area contributed by atoms with Gasteiger partial charge in [0.05, 0.1) is 25.4 Å². The molecule has 0 saturated carbocycles. The van der Waals surface area contributed by atoms with Crippen LogP contribution < -0.4 is 5.32 Å². The van der Waals surface area contributed by atoms with E-state index in [2.05, 4.69) is 19.2 Å². The summed E-state index contributed by atoms with van der Waals surface area (Å²) in [6.45, 7) is 4.99. The Kier molecular flexibility index (Phi) is 59.4. The van der Waals surface area contributed by atoms with Gasteiger partial charge in [0.1, 0.15) is 0 Å². The molecular weight excluding hydrogens is 863 g/mol. The second kappa shape index (κ2) is 60.4. The van der Waals surface area contributed by atoms with Crippen molar-refractivity contribution in [3.8, 4) is 0 Å². The monoisotopic (exact) mass is 990 g/mol. The molecule has 3 N–H and O–H groups in total. The number of hydrogen-bond acceptors (Lipinski definition) is 5. The van der Waals surface area contributed by atoms with Gasteiger partial charge in [-0.3, -0.25) is 9.59 Å². The van der Waals surface area contributed by atoms with Crippen molar-refractivity contribution >= 4 is 11.9 Å². The molecule has 1 amide bonds. The van der Waals surface area contributed by atoms with Crippen LogP contribution in [0.15, 0.2) is 0 Å². The Balaban J connectivity index is 3.39. The fourth-order valence-electron chi connectivity index (χ4n) is 10.5. The third-order valence-electron chi connectivity index (χ3n) is 15.4. The molecule has 0 heterocycles. The van der Waals surface area contributed by atoms with Gasteiger partial charge in [0.15, 0.2) is 0 Å². The molecule has 0 saturated heterocycles. The summed E-state index contributed by atoms with van der Waals surface area (Å²) in [6.07, 6.45) is 71.1. The Morgan fingerprint density at radius 1 is 0.343 bits per heavy atom. The first-order valence-corrected chi connectivity index (χ1v) is 32.3. The van der Waals surface area contributed by atoms with Gasteiger partial charge in [-0.1, -0.05) is 335 Å². The molecule has 0 aromatic carbocycles. The van der Waals surface area contributed by atoms with Crippen molar-refractivity contribution in [3.05, 3.63) is 0 Å². The van der Waals surface area contributed by atoms with Crippen LogP contribution in [-0.4, -0.2) is 47.4 Å². The molecule has 0 radical (unpaired) electrons. The standard InChI is InChI=1S/C64H127NO5/c1-3-5-7-9-11-13-15-17-18-19-20-21-23-26-29-33-36-40-44-48-52-56-62(67)61(60-66)65-63(68)57-53-49-45-41-37-34-30-27-24-22-25-28-31-35-39-43-47-51-55-59-70-64(69)58-54-50-46-42-38-32-16-14-12-10-8-6-4-2/h61-62,66-67H,3-60H2,1-2H3,(H,65,68). The van der Waals surface area contributed by atoms with Gasteiger partial charge in [-0.2, -0.15) is 0 Å². The van der Waals surface area contributed by atoms with Crippen LogP contribution in [0.5, 0.6) is 0 Å². The molecule has 0 bridgehead atoms. The molecule has 0 spiro atoms. The molecule has 2 unspecified atom stereocenters. The first-order valence-electron chi connectivity index (χ1n) is 32.3. The van der Waals surface area contributed by atoms with Crippen LogP contribution in [0, 0.1) is 0 Å². The van der Waals surface area contributed by atoms with Crippen LogP contribution in [0.4, 0.5) is 0 Å². The molecule has 70 heavy (non-hydrogen) atoms. The second-order valence-electron chi connectivity index (χ2n) is 22.5. The topological polar surface area (TPSA) is 95.9 Å². The van der Waals surface area contributed by atoms with E-state index < -0.39 is 12.1 Å². The van der Waals surface area contributed by atoms with Crippen LogP contribution >= 0.6 is 0 Å². The van der Waals surface area contributed by atoms with E-state index in [1.807, 2.05) is 0 Å². The highest BCUT2D eigenvalue weighted by Crippen LogP contribution is 2.19. The average molecular weight is 991 g/mol. The van der Waals surface area contributed by atoms with Gasteiger partial charge in [0.2, 0.25) is 5.91 Å². The molecule has 0 aliphatic heterocycles. The zero-order chi connectivity index (χ0) is 50.7. The number of amides is 1. The number of aliphatic hydroxyl groups is 2. The number of nitrogens with one attached hydrogen (secondary N) is 1. The molecule has 6 nitrogen and oxygen atoms in total. The van der Waals surface area contributed by atoms with Gasteiger partial charge in [-0.15, -0.1) is 0 Å². The summed E-state index contributed by atoms with van der Waals surface area (Å²) in [4.78, 5) is 24.6. The Morgan fingerprint density at radius 3 is 0.871 bits per heavy atom. The van der Waals surface area contributed by atoms with E-state index in [1.54, 1.807) is 0 Å². The number of rotatable bonds is 61. The summed E-state index contributed by atoms with van der Waals surface area (Å²) in [6, 6.07) is -0.543. The predicted molar refractivity (Wildman–Crippen MR) is 306 cm³/mol. The summed E-state index contributed by atoms with van der Waals surface area (Å²) in [5, 5.41) is 23.4. The first-order chi connectivity index (χ1) is 34.5. The quantitative estimate of drug-likeness (QED) is 0.0417. The third-order valence-corrected chi connectivity index (χ3v) is 15.4. The van der Waals surface area contributed by atoms with E-state index in [1.165, 1.54) is 302 Å². The van der Waals surface area contributed by atoms with Gasteiger partial charge in [0.25, 0.3) is 0 Å². The second-order valence-corrected chi connectivity index (χ2v) is 22.5. The number of carbonyl (C=O) groups excluding carboxylic acids is 2. The van der Waals surface area contributed by atoms with E-state index in [0.29, 0.717) is 25.9 Å². The van der Waals surface area contributed by atoms with Gasteiger partial charge in [-0.25, -0.2) is 0 Å². The third kappa shape index (κ3) is 56.2. The van der Waals surface area contributed by atoms with E-state index in [4.69, 9.17) is 4.74 Å². The zero-order valence-electron chi connectivity index (χ0n) is 47.8. The number of hydrogen-bond donors (Lipinski definition) is 3. The Hall–Kier alpha value is -1.14. The van der Waals surface area contributed by atoms with Crippen LogP contribution in [0.3, 0.4) is 0 Å². The number of esters is 1. The SMILES string of the molecule is CCCCCCCCCCCCCCCCCCCCCCCC(O)C(CO)NC(=O)CCCCCCCCCCCCCCCCCCCCCOC(=O)CCCCCCCCCCCCCCC. The lowest BCUT2D eigenvalue weighted by Crippen LogP contribution is -2.45. The minimum atomic E-state index is -0.666. The lowest BCUT2D eigenvalue weighted by Gasteiger charge is -2.22. The number of carbonyl (C=O) groups is 2. The van der Waals surface area contributed by atoms with Crippen molar-refractivity contribution < 1.29 is 24.5 Å². The normalized spacial score (nSPS) is 12.5. The maximum absolute atomic E-state index is 12.5. The van der Waals surface area contributed by atoms with Crippen molar-refractivity contribution in [1.29, 1.82) is 0 Å². The van der Waals surface area contributed by atoms with Crippen LogP contribution in [0.25, 0.3) is 0 Å². The van der Waals surface area contributed by atoms with Gasteiger partial charge < -0.3 is 20.3 Å². The Labute approximate surface area is 438 Å². The van der Waals surface area contributed by atoms with E-state index in [0.717, 1.165) is 38.5 Å². The van der Waals surface area contributed by atoms with Crippen molar-refractivity contribution in [2.24, 2.45) is 0 Å². The maximum Gasteiger partial charge on any atom is 0.305 e. The summed E-state index contributed by atoms with van der Waals surface area (Å²) in [5.41, 5.74) is 0. The molecule has 0 aromatic rings. The molecule has 0 aliphatic carbocycles. The lowest BCUT2D eigenvalue weighted by atomic mass is 10.0. The zero-order valence-corrected chi connectivity index (χ0v) is 47.8. The summed E-state index contributed by atoms with van der Waals surface area (Å²) < 4.78 is 5.48.